The van der Waals surface area contributed by atoms with Crippen LogP contribution in [0.3, 0.4) is 0 Å². The van der Waals surface area contributed by atoms with E-state index < -0.39 is 0 Å². The molecule has 1 saturated heterocycles. The molecule has 0 aliphatic carbocycles. The third-order valence-electron chi connectivity index (χ3n) is 6.19. The third-order valence-corrected chi connectivity index (χ3v) is 6.19. The van der Waals surface area contributed by atoms with E-state index in [4.69, 9.17) is 4.98 Å². The van der Waals surface area contributed by atoms with Crippen LogP contribution in [0.1, 0.15) is 5.56 Å². The number of piperazine rings is 1. The van der Waals surface area contributed by atoms with Crippen LogP contribution in [0.4, 0.5) is 17.3 Å². The molecule has 1 aliphatic heterocycles. The van der Waals surface area contributed by atoms with Gasteiger partial charge in [-0.15, -0.1) is 6.58 Å². The van der Waals surface area contributed by atoms with Crippen LogP contribution in [0.25, 0.3) is 16.9 Å². The Morgan fingerprint density at radius 1 is 1.15 bits per heavy atom. The first-order valence-corrected chi connectivity index (χ1v) is 11.4. The molecule has 0 radical (unpaired) electrons. The van der Waals surface area contributed by atoms with Gasteiger partial charge in [-0.05, 0) is 37.7 Å². The molecule has 1 aliphatic rings. The van der Waals surface area contributed by atoms with Crippen LogP contribution in [0, 0.1) is 6.92 Å². The lowest BCUT2D eigenvalue weighted by Crippen LogP contribution is -2.44. The predicted octanol–water partition coefficient (Wildman–Crippen LogP) is 2.31. The normalized spacial score (nSPS) is 14.6. The average molecular weight is 460 g/mol. The fourth-order valence-electron chi connectivity index (χ4n) is 4.39. The van der Waals surface area contributed by atoms with E-state index in [1.807, 2.05) is 25.4 Å². The van der Waals surface area contributed by atoms with Gasteiger partial charge in [0.25, 0.3) is 5.56 Å². The summed E-state index contributed by atoms with van der Waals surface area (Å²) >= 11 is 0. The molecule has 0 unspecified atom stereocenters. The maximum absolute atomic E-state index is 13.0. The molecule has 1 fully saturated rings. The zero-order valence-corrected chi connectivity index (χ0v) is 19.8. The third kappa shape index (κ3) is 3.96. The number of rotatable bonds is 6. The highest BCUT2D eigenvalue weighted by Gasteiger charge is 2.19. The number of nitrogens with one attached hydrogen (secondary N) is 1. The van der Waals surface area contributed by atoms with Crippen molar-refractivity contribution < 1.29 is 0 Å². The van der Waals surface area contributed by atoms with Crippen LogP contribution in [0.2, 0.25) is 0 Å². The second-order valence-electron chi connectivity index (χ2n) is 8.68. The lowest BCUT2D eigenvalue weighted by atomic mass is 10.1. The number of hydrogen-bond donors (Lipinski definition) is 1. The number of benzene rings is 1. The smallest absolute Gasteiger partial charge is 0.278 e. The van der Waals surface area contributed by atoms with E-state index in [1.165, 1.54) is 11.3 Å². The van der Waals surface area contributed by atoms with Crippen LogP contribution >= 0.6 is 0 Å². The zero-order chi connectivity index (χ0) is 23.8. The van der Waals surface area contributed by atoms with Gasteiger partial charge in [-0.3, -0.25) is 9.48 Å². The molecule has 1 aromatic carbocycles. The number of hydrogen-bond acceptors (Lipinski definition) is 7. The maximum Gasteiger partial charge on any atom is 0.278 e. The number of aromatic nitrogens is 6. The number of nitrogens with zero attached hydrogens (tertiary/aromatic N) is 8. The molecule has 4 heterocycles. The van der Waals surface area contributed by atoms with Crippen molar-refractivity contribution in [1.82, 2.24) is 34.0 Å². The first-order valence-electron chi connectivity index (χ1n) is 11.4. The largest absolute Gasteiger partial charge is 0.369 e. The van der Waals surface area contributed by atoms with Crippen LogP contribution < -0.4 is 15.8 Å². The van der Waals surface area contributed by atoms with E-state index in [2.05, 4.69) is 57.9 Å². The highest BCUT2D eigenvalue weighted by atomic mass is 16.1. The van der Waals surface area contributed by atoms with Crippen molar-refractivity contribution in [3.63, 3.8) is 0 Å². The van der Waals surface area contributed by atoms with Gasteiger partial charge in [0.2, 0.25) is 5.95 Å². The van der Waals surface area contributed by atoms with Crippen LogP contribution in [-0.2, 0) is 13.6 Å². The van der Waals surface area contributed by atoms with Crippen molar-refractivity contribution in [3.05, 3.63) is 65.2 Å². The van der Waals surface area contributed by atoms with E-state index >= 15 is 0 Å². The summed E-state index contributed by atoms with van der Waals surface area (Å²) in [5.74, 6) is 1.02. The Morgan fingerprint density at radius 3 is 2.62 bits per heavy atom. The number of allylic oxidation sites excluding steroid dienone is 1. The van der Waals surface area contributed by atoms with E-state index in [-0.39, 0.29) is 5.56 Å². The molecule has 0 atom stereocenters. The highest BCUT2D eigenvalue weighted by molar-refractivity contribution is 5.77. The van der Waals surface area contributed by atoms with E-state index in [1.54, 1.807) is 26.3 Å². The fraction of sp³-hybridized carbons (Fsp3) is 0.333. The summed E-state index contributed by atoms with van der Waals surface area (Å²) in [5.41, 5.74) is 3.65. The second-order valence-corrected chi connectivity index (χ2v) is 8.68. The van der Waals surface area contributed by atoms with Gasteiger partial charge in [-0.1, -0.05) is 6.08 Å². The van der Waals surface area contributed by atoms with Gasteiger partial charge in [0.05, 0.1) is 6.54 Å². The monoisotopic (exact) mass is 459 g/mol. The summed E-state index contributed by atoms with van der Waals surface area (Å²) in [4.78, 5) is 26.9. The highest BCUT2D eigenvalue weighted by Crippen LogP contribution is 2.26. The quantitative estimate of drug-likeness (QED) is 0.443. The number of anilines is 3. The molecule has 1 N–H and O–H groups in total. The van der Waals surface area contributed by atoms with Crippen molar-refractivity contribution in [2.24, 2.45) is 7.05 Å². The minimum absolute atomic E-state index is 0.181. The van der Waals surface area contributed by atoms with Crippen molar-refractivity contribution in [2.45, 2.75) is 13.5 Å². The molecular formula is C24H29N9O. The predicted molar refractivity (Wildman–Crippen MR) is 134 cm³/mol. The van der Waals surface area contributed by atoms with Crippen LogP contribution in [0.15, 0.2) is 54.1 Å². The lowest BCUT2D eigenvalue weighted by Gasteiger charge is -2.35. The van der Waals surface area contributed by atoms with Crippen LogP contribution in [0.5, 0.6) is 0 Å². The van der Waals surface area contributed by atoms with Gasteiger partial charge in [-0.25, -0.2) is 14.3 Å². The van der Waals surface area contributed by atoms with Crippen molar-refractivity contribution >= 4 is 28.4 Å². The van der Waals surface area contributed by atoms with Gasteiger partial charge in [0.15, 0.2) is 11.5 Å². The first-order chi connectivity index (χ1) is 16.4. The summed E-state index contributed by atoms with van der Waals surface area (Å²) in [7, 11) is 3.99. The summed E-state index contributed by atoms with van der Waals surface area (Å²) < 4.78 is 4.97. The SMILES string of the molecule is C=CCn1c(=O)c2cnc(Nc3ccc(N4CCN(C)CC4)c(C)c3)nc2n1-c1ccn(C)n1. The van der Waals surface area contributed by atoms with E-state index in [0.29, 0.717) is 29.3 Å². The average Bonchev–Trinajstić information content (AvgIpc) is 3.36. The van der Waals surface area contributed by atoms with Crippen molar-refractivity contribution in [1.29, 1.82) is 0 Å². The Kier molecular flexibility index (Phi) is 5.66. The standard InChI is InChI=1S/C24H29N9O/c1-5-9-32-23(34)19-16-25-24(27-22(19)33(32)21-8-10-30(4)28-21)26-18-6-7-20(17(2)15-18)31-13-11-29(3)12-14-31/h5-8,10,15-16H,1,9,11-14H2,2-4H3,(H,25,26,27). The van der Waals surface area contributed by atoms with Gasteiger partial charge >= 0.3 is 0 Å². The number of likely N-dealkylation sites (N-methyl/N-ethyl adjacent to an activating group) is 1. The van der Waals surface area contributed by atoms with Crippen molar-refractivity contribution in [2.75, 3.05) is 43.4 Å². The Bertz CT molecular complexity index is 1410. The molecule has 0 amide bonds. The number of aryl methyl sites for hydroxylation is 2. The molecule has 10 nitrogen and oxygen atoms in total. The minimum Gasteiger partial charge on any atom is -0.369 e. The fourth-order valence-corrected chi connectivity index (χ4v) is 4.39. The Labute approximate surface area is 197 Å². The molecule has 10 heteroatoms. The summed E-state index contributed by atoms with van der Waals surface area (Å²) in [6, 6.07) is 8.14. The van der Waals surface area contributed by atoms with Gasteiger partial charge < -0.3 is 15.1 Å². The first kappa shape index (κ1) is 21.9. The second kappa shape index (κ2) is 8.79. The molecular weight excluding hydrogens is 430 g/mol. The maximum atomic E-state index is 13.0. The molecule has 0 spiro atoms. The van der Waals surface area contributed by atoms with Gasteiger partial charge in [-0.2, -0.15) is 10.1 Å². The molecule has 176 valence electrons. The lowest BCUT2D eigenvalue weighted by molar-refractivity contribution is 0.312. The van der Waals surface area contributed by atoms with Gasteiger partial charge in [0.1, 0.15) is 5.39 Å². The molecule has 34 heavy (non-hydrogen) atoms. The van der Waals surface area contributed by atoms with E-state index in [0.717, 1.165) is 31.9 Å². The van der Waals surface area contributed by atoms with Crippen LogP contribution in [-0.4, -0.2) is 67.2 Å². The summed E-state index contributed by atoms with van der Waals surface area (Å²) in [6.45, 7) is 10.4. The van der Waals surface area contributed by atoms with Crippen molar-refractivity contribution in [3.8, 4) is 5.82 Å². The molecule has 0 saturated carbocycles. The molecule has 0 bridgehead atoms. The Morgan fingerprint density at radius 2 is 1.94 bits per heavy atom. The Hall–Kier alpha value is -3.92. The molecule has 3 aromatic heterocycles. The van der Waals surface area contributed by atoms with Gasteiger partial charge in [0, 0.05) is 63.1 Å². The minimum atomic E-state index is -0.181. The molecule has 5 rings (SSSR count). The topological polar surface area (TPSA) is 89.0 Å². The Balaban J connectivity index is 1.48. The zero-order valence-electron chi connectivity index (χ0n) is 19.8. The van der Waals surface area contributed by atoms with E-state index in [9.17, 15) is 4.79 Å². The summed E-state index contributed by atoms with van der Waals surface area (Å²) in [5, 5.41) is 8.20. The molecule has 4 aromatic rings. The summed E-state index contributed by atoms with van der Waals surface area (Å²) in [6.07, 6.45) is 5.07. The number of fused-ring (bicyclic) bond motifs is 1.